The van der Waals surface area contributed by atoms with Gasteiger partial charge in [0, 0.05) is 16.9 Å². The zero-order chi connectivity index (χ0) is 18.8. The van der Waals surface area contributed by atoms with Gasteiger partial charge in [-0.15, -0.1) is 0 Å². The minimum absolute atomic E-state index is 0.272. The van der Waals surface area contributed by atoms with E-state index in [0.29, 0.717) is 16.8 Å². The van der Waals surface area contributed by atoms with Crippen LogP contribution in [-0.4, -0.2) is 15.7 Å². The van der Waals surface area contributed by atoms with E-state index in [2.05, 4.69) is 10.4 Å². The van der Waals surface area contributed by atoms with E-state index in [1.807, 2.05) is 19.9 Å². The van der Waals surface area contributed by atoms with Gasteiger partial charge in [0.1, 0.15) is 17.7 Å². The Hall–Kier alpha value is -3.02. The van der Waals surface area contributed by atoms with Gasteiger partial charge in [0.2, 0.25) is 5.91 Å². The normalized spacial score (nSPS) is 12.0. The van der Waals surface area contributed by atoms with Gasteiger partial charge in [-0.1, -0.05) is 12.1 Å². The Kier molecular flexibility index (Phi) is 4.84. The van der Waals surface area contributed by atoms with Crippen LogP contribution < -0.4 is 5.32 Å². The predicted molar refractivity (Wildman–Crippen MR) is 96.8 cm³/mol. The number of carbonyl (C=O) groups excluding carboxylic acids is 1. The minimum Gasteiger partial charge on any atom is -0.324 e. The highest BCUT2D eigenvalue weighted by molar-refractivity contribution is 5.97. The number of hydrogen-bond acceptors (Lipinski definition) is 2. The van der Waals surface area contributed by atoms with E-state index in [1.54, 1.807) is 23.7 Å². The Morgan fingerprint density at radius 2 is 1.69 bits per heavy atom. The van der Waals surface area contributed by atoms with Gasteiger partial charge in [-0.25, -0.2) is 8.78 Å². The van der Waals surface area contributed by atoms with E-state index in [-0.39, 0.29) is 11.7 Å². The summed E-state index contributed by atoms with van der Waals surface area (Å²) >= 11 is 0. The lowest BCUT2D eigenvalue weighted by molar-refractivity contribution is -0.119. The first kappa shape index (κ1) is 17.8. The summed E-state index contributed by atoms with van der Waals surface area (Å²) in [6.45, 7) is 5.49. The van der Waals surface area contributed by atoms with Crippen LogP contribution in [0.3, 0.4) is 0 Å². The summed E-state index contributed by atoms with van der Waals surface area (Å²) in [6, 6.07) is 11.1. The molecule has 0 radical (unpaired) electrons. The Morgan fingerprint density at radius 3 is 2.31 bits per heavy atom. The van der Waals surface area contributed by atoms with Crippen molar-refractivity contribution in [2.45, 2.75) is 26.8 Å². The molecule has 0 fully saturated rings. The van der Waals surface area contributed by atoms with Crippen LogP contribution in [0, 0.1) is 25.5 Å². The van der Waals surface area contributed by atoms with E-state index < -0.39 is 11.9 Å². The van der Waals surface area contributed by atoms with Gasteiger partial charge in [0.15, 0.2) is 0 Å². The van der Waals surface area contributed by atoms with E-state index in [0.717, 1.165) is 11.4 Å². The number of rotatable bonds is 4. The SMILES string of the molecule is Cc1cc(C)n(C(C)C(=O)Nc2ccc(F)cc2-c2ccc(F)cc2)n1. The Labute approximate surface area is 150 Å². The molecule has 26 heavy (non-hydrogen) atoms. The minimum atomic E-state index is -0.533. The Morgan fingerprint density at radius 1 is 1.04 bits per heavy atom. The third-order valence-corrected chi connectivity index (χ3v) is 4.19. The molecule has 1 aromatic heterocycles. The number of amides is 1. The average molecular weight is 355 g/mol. The van der Waals surface area contributed by atoms with Crippen LogP contribution >= 0.6 is 0 Å². The van der Waals surface area contributed by atoms with Crippen molar-refractivity contribution in [3.8, 4) is 11.1 Å². The summed E-state index contributed by atoms with van der Waals surface area (Å²) in [5.41, 5.74) is 3.26. The number of halogens is 2. The van der Waals surface area contributed by atoms with Gasteiger partial charge in [-0.05, 0) is 62.7 Å². The first-order valence-corrected chi connectivity index (χ1v) is 8.24. The molecular weight excluding hydrogens is 336 g/mol. The number of aromatic nitrogens is 2. The maximum Gasteiger partial charge on any atom is 0.248 e. The highest BCUT2D eigenvalue weighted by Crippen LogP contribution is 2.29. The average Bonchev–Trinajstić information content (AvgIpc) is 2.94. The van der Waals surface area contributed by atoms with Crippen molar-refractivity contribution >= 4 is 11.6 Å². The number of aryl methyl sites for hydroxylation is 2. The first-order valence-electron chi connectivity index (χ1n) is 8.24. The Bertz CT molecular complexity index is 948. The van der Waals surface area contributed by atoms with Crippen molar-refractivity contribution in [3.63, 3.8) is 0 Å². The molecule has 1 atom stereocenters. The second-order valence-electron chi connectivity index (χ2n) is 6.23. The van der Waals surface area contributed by atoms with Gasteiger partial charge in [0.25, 0.3) is 0 Å². The van der Waals surface area contributed by atoms with Crippen molar-refractivity contribution in [1.82, 2.24) is 9.78 Å². The second kappa shape index (κ2) is 7.07. The van der Waals surface area contributed by atoms with Gasteiger partial charge in [-0.3, -0.25) is 9.48 Å². The van der Waals surface area contributed by atoms with Crippen molar-refractivity contribution < 1.29 is 13.6 Å². The lowest BCUT2D eigenvalue weighted by atomic mass is 10.0. The fraction of sp³-hybridized carbons (Fsp3) is 0.200. The third-order valence-electron chi connectivity index (χ3n) is 4.19. The zero-order valence-electron chi connectivity index (χ0n) is 14.8. The molecule has 1 unspecified atom stereocenters. The predicted octanol–water partition coefficient (Wildman–Crippen LogP) is 4.64. The lowest BCUT2D eigenvalue weighted by Crippen LogP contribution is -2.25. The molecule has 3 aromatic rings. The maximum absolute atomic E-state index is 13.7. The largest absolute Gasteiger partial charge is 0.324 e. The maximum atomic E-state index is 13.7. The standard InChI is InChI=1S/C20H19F2N3O/c1-12-10-13(2)25(24-12)14(3)20(26)23-19-9-8-17(22)11-18(19)15-4-6-16(21)7-5-15/h4-11,14H,1-3H3,(H,23,26). The van der Waals surface area contributed by atoms with Gasteiger partial charge in [-0.2, -0.15) is 5.10 Å². The van der Waals surface area contributed by atoms with Crippen molar-refractivity contribution in [3.05, 3.63) is 71.6 Å². The Balaban J connectivity index is 1.91. The molecular formula is C20H19F2N3O. The van der Waals surface area contributed by atoms with Crippen LogP contribution in [0.5, 0.6) is 0 Å². The topological polar surface area (TPSA) is 46.9 Å². The molecule has 0 bridgehead atoms. The molecule has 0 aliphatic rings. The van der Waals surface area contributed by atoms with Crippen molar-refractivity contribution in [1.29, 1.82) is 0 Å². The lowest BCUT2D eigenvalue weighted by Gasteiger charge is -2.17. The fourth-order valence-electron chi connectivity index (χ4n) is 2.88. The van der Waals surface area contributed by atoms with Crippen LogP contribution in [0.1, 0.15) is 24.4 Å². The number of benzene rings is 2. The summed E-state index contributed by atoms with van der Waals surface area (Å²) in [7, 11) is 0. The molecule has 134 valence electrons. The van der Waals surface area contributed by atoms with Crippen molar-refractivity contribution in [2.75, 3.05) is 5.32 Å². The van der Waals surface area contributed by atoms with E-state index in [1.165, 1.54) is 30.3 Å². The number of carbonyl (C=O) groups is 1. The number of nitrogens with one attached hydrogen (secondary N) is 1. The number of nitrogens with zero attached hydrogens (tertiary/aromatic N) is 2. The molecule has 0 saturated heterocycles. The van der Waals surface area contributed by atoms with E-state index in [9.17, 15) is 13.6 Å². The number of anilines is 1. The quantitative estimate of drug-likeness (QED) is 0.741. The monoisotopic (exact) mass is 355 g/mol. The molecule has 0 spiro atoms. The second-order valence-corrected chi connectivity index (χ2v) is 6.23. The van der Waals surface area contributed by atoms with Crippen LogP contribution in [0.2, 0.25) is 0 Å². The van der Waals surface area contributed by atoms with Crippen LogP contribution in [0.15, 0.2) is 48.5 Å². The number of hydrogen-bond donors (Lipinski definition) is 1. The van der Waals surface area contributed by atoms with Crippen LogP contribution in [0.4, 0.5) is 14.5 Å². The summed E-state index contributed by atoms with van der Waals surface area (Å²) in [5, 5.41) is 7.16. The van der Waals surface area contributed by atoms with Gasteiger partial charge < -0.3 is 5.32 Å². The first-order chi connectivity index (χ1) is 12.3. The molecule has 4 nitrogen and oxygen atoms in total. The summed E-state index contributed by atoms with van der Waals surface area (Å²) in [6.07, 6.45) is 0. The van der Waals surface area contributed by atoms with Gasteiger partial charge in [0.05, 0.1) is 5.69 Å². The molecule has 3 rings (SSSR count). The highest BCUT2D eigenvalue weighted by Gasteiger charge is 2.19. The zero-order valence-corrected chi connectivity index (χ0v) is 14.8. The molecule has 2 aromatic carbocycles. The summed E-state index contributed by atoms with van der Waals surface area (Å²) < 4.78 is 28.5. The smallest absolute Gasteiger partial charge is 0.248 e. The van der Waals surface area contributed by atoms with E-state index >= 15 is 0 Å². The summed E-state index contributed by atoms with van der Waals surface area (Å²) in [4.78, 5) is 12.7. The van der Waals surface area contributed by atoms with Crippen LogP contribution in [-0.2, 0) is 4.79 Å². The third kappa shape index (κ3) is 3.64. The molecule has 0 saturated carbocycles. The molecule has 1 amide bonds. The van der Waals surface area contributed by atoms with Crippen molar-refractivity contribution in [2.24, 2.45) is 0 Å². The van der Waals surface area contributed by atoms with E-state index in [4.69, 9.17) is 0 Å². The molecule has 1 heterocycles. The molecule has 0 aliphatic heterocycles. The molecule has 6 heteroatoms. The molecule has 1 N–H and O–H groups in total. The highest BCUT2D eigenvalue weighted by atomic mass is 19.1. The van der Waals surface area contributed by atoms with Gasteiger partial charge >= 0.3 is 0 Å². The summed E-state index contributed by atoms with van der Waals surface area (Å²) in [5.74, 6) is -1.09. The van der Waals surface area contributed by atoms with Crippen LogP contribution in [0.25, 0.3) is 11.1 Å². The molecule has 0 aliphatic carbocycles. The fourth-order valence-corrected chi connectivity index (χ4v) is 2.88.